The van der Waals surface area contributed by atoms with Crippen LogP contribution in [0.4, 0.5) is 0 Å². The molecule has 0 N–H and O–H groups in total. The lowest BCUT2D eigenvalue weighted by atomic mass is 10.0. The van der Waals surface area contributed by atoms with Crippen molar-refractivity contribution in [2.24, 2.45) is 0 Å². The summed E-state index contributed by atoms with van der Waals surface area (Å²) in [6.07, 6.45) is 10.9. The lowest BCUT2D eigenvalue weighted by Gasteiger charge is -2.32. The first-order valence-corrected chi connectivity index (χ1v) is 7.97. The lowest BCUT2D eigenvalue weighted by molar-refractivity contribution is 0.177. The van der Waals surface area contributed by atoms with Crippen LogP contribution < -0.4 is 0 Å². The summed E-state index contributed by atoms with van der Waals surface area (Å²) in [6, 6.07) is 0.620. The van der Waals surface area contributed by atoms with Gasteiger partial charge in [0.1, 0.15) is 0 Å². The molecule has 2 heterocycles. The van der Waals surface area contributed by atoms with E-state index < -0.39 is 0 Å². The molecule has 0 unspecified atom stereocenters. The number of rotatable bonds is 6. The molecule has 0 aliphatic carbocycles. The number of hydrogen-bond donors (Lipinski definition) is 0. The van der Waals surface area contributed by atoms with Gasteiger partial charge in [0.15, 0.2) is 0 Å². The maximum Gasteiger partial charge on any atom is 0.0543 e. The Labute approximate surface area is 118 Å². The highest BCUT2D eigenvalue weighted by atomic mass is 15.3. The summed E-state index contributed by atoms with van der Waals surface area (Å²) >= 11 is 0. The van der Waals surface area contributed by atoms with E-state index in [2.05, 4.69) is 41.6 Å². The molecule has 1 aliphatic heterocycles. The second-order valence-electron chi connectivity index (χ2n) is 6.19. The minimum absolute atomic E-state index is 0.586. The Morgan fingerprint density at radius 1 is 1.26 bits per heavy atom. The molecule has 0 saturated carbocycles. The van der Waals surface area contributed by atoms with Gasteiger partial charge in [-0.1, -0.05) is 33.6 Å². The Morgan fingerprint density at radius 3 is 2.58 bits per heavy atom. The van der Waals surface area contributed by atoms with Crippen molar-refractivity contribution in [1.82, 2.24) is 14.7 Å². The second kappa shape index (κ2) is 7.09. The molecule has 0 bridgehead atoms. The molecule has 3 nitrogen and oxygen atoms in total. The first-order valence-electron chi connectivity index (χ1n) is 7.97. The zero-order chi connectivity index (χ0) is 13.7. The minimum atomic E-state index is 0.586. The normalized spacial score (nSPS) is 18.3. The summed E-state index contributed by atoms with van der Waals surface area (Å²) in [5.74, 6) is 0.586. The van der Waals surface area contributed by atoms with E-state index in [1.165, 1.54) is 57.3 Å². The van der Waals surface area contributed by atoms with Gasteiger partial charge in [-0.05, 0) is 37.3 Å². The number of nitrogens with zero attached hydrogens (tertiary/aromatic N) is 3. The summed E-state index contributed by atoms with van der Waals surface area (Å²) in [6.45, 7) is 10.5. The molecule has 0 amide bonds. The third-order valence-corrected chi connectivity index (χ3v) is 4.30. The van der Waals surface area contributed by atoms with Crippen molar-refractivity contribution in [2.45, 2.75) is 64.8 Å². The molecular formula is C16H29N3. The van der Waals surface area contributed by atoms with Crippen LogP contribution >= 0.6 is 0 Å². The zero-order valence-corrected chi connectivity index (χ0v) is 12.8. The van der Waals surface area contributed by atoms with Gasteiger partial charge in [-0.25, -0.2) is 0 Å². The molecule has 2 rings (SSSR count). The Hall–Kier alpha value is -0.830. The van der Waals surface area contributed by atoms with E-state index in [9.17, 15) is 0 Å². The largest absolute Gasteiger partial charge is 0.303 e. The molecule has 19 heavy (non-hydrogen) atoms. The van der Waals surface area contributed by atoms with Crippen molar-refractivity contribution in [3.05, 3.63) is 18.0 Å². The monoisotopic (exact) mass is 263 g/mol. The SMILES string of the molecule is CCCCCN1CCC(n2cc(C(C)C)cn2)CC1. The number of unbranched alkanes of at least 4 members (excludes halogenated alkanes) is 2. The molecule has 3 heteroatoms. The van der Waals surface area contributed by atoms with Crippen LogP contribution in [0.2, 0.25) is 0 Å². The molecule has 0 atom stereocenters. The van der Waals surface area contributed by atoms with Crippen molar-refractivity contribution in [2.75, 3.05) is 19.6 Å². The number of aromatic nitrogens is 2. The van der Waals surface area contributed by atoms with Gasteiger partial charge in [0, 0.05) is 19.3 Å². The van der Waals surface area contributed by atoms with Gasteiger partial charge >= 0.3 is 0 Å². The van der Waals surface area contributed by atoms with Gasteiger partial charge in [0.05, 0.1) is 12.2 Å². The molecule has 0 aromatic carbocycles. The smallest absolute Gasteiger partial charge is 0.0543 e. The van der Waals surface area contributed by atoms with Crippen LogP contribution in [0.5, 0.6) is 0 Å². The maximum atomic E-state index is 4.56. The van der Waals surface area contributed by atoms with Gasteiger partial charge in [-0.2, -0.15) is 5.10 Å². The fourth-order valence-electron chi connectivity index (χ4n) is 2.84. The van der Waals surface area contributed by atoms with Crippen molar-refractivity contribution in [3.63, 3.8) is 0 Å². The highest BCUT2D eigenvalue weighted by molar-refractivity contribution is 5.09. The van der Waals surface area contributed by atoms with Gasteiger partial charge < -0.3 is 4.90 Å². The average molecular weight is 263 g/mol. The maximum absolute atomic E-state index is 4.56. The van der Waals surface area contributed by atoms with E-state index in [0.29, 0.717) is 12.0 Å². The minimum Gasteiger partial charge on any atom is -0.303 e. The standard InChI is InChI=1S/C16H29N3/c1-4-5-6-9-18-10-7-16(8-11-18)19-13-15(12-17-19)14(2)3/h12-14,16H,4-11H2,1-3H3. The van der Waals surface area contributed by atoms with Crippen LogP contribution in [0.1, 0.15) is 70.4 Å². The first kappa shape index (κ1) is 14.6. The van der Waals surface area contributed by atoms with Gasteiger partial charge in [0.25, 0.3) is 0 Å². The van der Waals surface area contributed by atoms with E-state index in [-0.39, 0.29) is 0 Å². The molecule has 1 aromatic rings. The van der Waals surface area contributed by atoms with E-state index in [0.717, 1.165) is 0 Å². The van der Waals surface area contributed by atoms with Crippen LogP contribution in [0.3, 0.4) is 0 Å². The highest BCUT2D eigenvalue weighted by Crippen LogP contribution is 2.24. The molecular weight excluding hydrogens is 234 g/mol. The molecule has 0 spiro atoms. The third-order valence-electron chi connectivity index (χ3n) is 4.30. The lowest BCUT2D eigenvalue weighted by Crippen LogP contribution is -2.35. The van der Waals surface area contributed by atoms with E-state index in [4.69, 9.17) is 0 Å². The molecule has 1 fully saturated rings. The quantitative estimate of drug-likeness (QED) is 0.727. The van der Waals surface area contributed by atoms with E-state index in [1.807, 2.05) is 6.20 Å². The summed E-state index contributed by atoms with van der Waals surface area (Å²) in [5.41, 5.74) is 1.37. The van der Waals surface area contributed by atoms with Gasteiger partial charge in [0.2, 0.25) is 0 Å². The predicted octanol–water partition coefficient (Wildman–Crippen LogP) is 3.83. The Bertz CT molecular complexity index is 362. The van der Waals surface area contributed by atoms with Crippen LogP contribution in [-0.2, 0) is 0 Å². The fourth-order valence-corrected chi connectivity index (χ4v) is 2.84. The van der Waals surface area contributed by atoms with Crippen molar-refractivity contribution in [1.29, 1.82) is 0 Å². The Kier molecular flexibility index (Phi) is 5.44. The molecule has 1 saturated heterocycles. The number of piperidine rings is 1. The Balaban J connectivity index is 1.79. The summed E-state index contributed by atoms with van der Waals surface area (Å²) < 4.78 is 2.21. The molecule has 1 aliphatic rings. The number of likely N-dealkylation sites (tertiary alicyclic amines) is 1. The molecule has 1 aromatic heterocycles. The second-order valence-corrected chi connectivity index (χ2v) is 6.19. The highest BCUT2D eigenvalue weighted by Gasteiger charge is 2.20. The summed E-state index contributed by atoms with van der Waals surface area (Å²) in [4.78, 5) is 2.62. The Morgan fingerprint density at radius 2 is 2.00 bits per heavy atom. The first-order chi connectivity index (χ1) is 9.20. The van der Waals surface area contributed by atoms with Crippen LogP contribution in [-0.4, -0.2) is 34.3 Å². The van der Waals surface area contributed by atoms with Crippen molar-refractivity contribution >= 4 is 0 Å². The van der Waals surface area contributed by atoms with Gasteiger partial charge in [-0.15, -0.1) is 0 Å². The summed E-state index contributed by atoms with van der Waals surface area (Å²) in [7, 11) is 0. The number of hydrogen-bond acceptors (Lipinski definition) is 2. The third kappa shape index (κ3) is 4.07. The topological polar surface area (TPSA) is 21.1 Å². The van der Waals surface area contributed by atoms with Crippen LogP contribution in [0, 0.1) is 0 Å². The average Bonchev–Trinajstić information content (AvgIpc) is 2.90. The molecule has 0 radical (unpaired) electrons. The zero-order valence-electron chi connectivity index (χ0n) is 12.8. The fraction of sp³-hybridized carbons (Fsp3) is 0.812. The summed E-state index contributed by atoms with van der Waals surface area (Å²) in [5, 5.41) is 4.56. The van der Waals surface area contributed by atoms with Gasteiger partial charge in [-0.3, -0.25) is 4.68 Å². The molecule has 108 valence electrons. The van der Waals surface area contributed by atoms with Crippen molar-refractivity contribution in [3.8, 4) is 0 Å². The van der Waals surface area contributed by atoms with Crippen molar-refractivity contribution < 1.29 is 0 Å². The van der Waals surface area contributed by atoms with E-state index in [1.54, 1.807) is 0 Å². The van der Waals surface area contributed by atoms with E-state index >= 15 is 0 Å². The van der Waals surface area contributed by atoms with Crippen LogP contribution in [0.25, 0.3) is 0 Å². The predicted molar refractivity (Wildman–Crippen MR) is 80.6 cm³/mol. The van der Waals surface area contributed by atoms with Crippen LogP contribution in [0.15, 0.2) is 12.4 Å².